The summed E-state index contributed by atoms with van der Waals surface area (Å²) in [6, 6.07) is 13.0. The zero-order chi connectivity index (χ0) is 19.6. The Morgan fingerprint density at radius 3 is 2.48 bits per heavy atom. The van der Waals surface area contributed by atoms with Gasteiger partial charge in [-0.25, -0.2) is 0 Å². The fourth-order valence-electron chi connectivity index (χ4n) is 2.71. The number of carbonyl (C=O) groups is 1. The van der Waals surface area contributed by atoms with Crippen molar-refractivity contribution in [2.45, 2.75) is 6.61 Å². The highest BCUT2D eigenvalue weighted by molar-refractivity contribution is 7.80. The molecular formula is C20H19ClN2O3S. The van der Waals surface area contributed by atoms with Gasteiger partial charge in [0.25, 0.3) is 5.91 Å². The van der Waals surface area contributed by atoms with E-state index in [1.807, 2.05) is 42.5 Å². The van der Waals surface area contributed by atoms with Crippen molar-refractivity contribution in [3.8, 4) is 11.5 Å². The topological polar surface area (TPSA) is 42.0 Å². The van der Waals surface area contributed by atoms with E-state index in [9.17, 15) is 4.79 Å². The molecule has 0 unspecified atom stereocenters. The summed E-state index contributed by atoms with van der Waals surface area (Å²) in [4.78, 5) is 15.4. The second kappa shape index (κ2) is 7.98. The highest BCUT2D eigenvalue weighted by Gasteiger charge is 2.32. The molecule has 0 aromatic heterocycles. The van der Waals surface area contributed by atoms with Crippen LogP contribution in [0.15, 0.2) is 48.2 Å². The van der Waals surface area contributed by atoms with Crippen molar-refractivity contribution in [3.05, 3.63) is 64.3 Å². The van der Waals surface area contributed by atoms with E-state index < -0.39 is 0 Å². The number of hydrogen-bond acceptors (Lipinski definition) is 4. The maximum atomic E-state index is 12.3. The highest BCUT2D eigenvalue weighted by atomic mass is 35.5. The van der Waals surface area contributed by atoms with E-state index in [0.717, 1.165) is 11.1 Å². The average molecular weight is 403 g/mol. The number of thiocarbonyl (C=S) groups is 1. The minimum Gasteiger partial charge on any atom is -0.493 e. The number of benzene rings is 2. The maximum absolute atomic E-state index is 12.3. The van der Waals surface area contributed by atoms with Gasteiger partial charge < -0.3 is 14.4 Å². The summed E-state index contributed by atoms with van der Waals surface area (Å²) >= 11 is 11.4. The maximum Gasteiger partial charge on any atom is 0.276 e. The first-order valence-corrected chi connectivity index (χ1v) is 9.02. The van der Waals surface area contributed by atoms with Crippen molar-refractivity contribution in [3.63, 3.8) is 0 Å². The van der Waals surface area contributed by atoms with Crippen LogP contribution in [-0.4, -0.2) is 42.0 Å². The van der Waals surface area contributed by atoms with Gasteiger partial charge in [0.05, 0.1) is 7.11 Å². The standard InChI is InChI=1S/C20H19ClN2O3S/c1-22-16(19(24)23(2)20(22)27)10-13-8-9-17(18(11-13)25-3)26-12-14-6-4-5-7-15(14)21/h4-11H,12H2,1-3H3/b16-10-. The Bertz CT molecular complexity index is 929. The second-order valence-electron chi connectivity index (χ2n) is 6.03. The van der Waals surface area contributed by atoms with E-state index in [-0.39, 0.29) is 5.91 Å². The molecule has 1 amide bonds. The molecule has 0 N–H and O–H groups in total. The van der Waals surface area contributed by atoms with E-state index in [2.05, 4.69) is 0 Å². The summed E-state index contributed by atoms with van der Waals surface area (Å²) in [6.07, 6.45) is 1.78. The van der Waals surface area contributed by atoms with Gasteiger partial charge in [-0.15, -0.1) is 0 Å². The number of amides is 1. The number of methoxy groups -OCH3 is 1. The normalized spacial score (nSPS) is 15.6. The zero-order valence-corrected chi connectivity index (χ0v) is 16.8. The van der Waals surface area contributed by atoms with Crippen molar-refractivity contribution in [1.29, 1.82) is 0 Å². The monoisotopic (exact) mass is 402 g/mol. The summed E-state index contributed by atoms with van der Waals surface area (Å²) in [6.45, 7) is 0.330. The van der Waals surface area contributed by atoms with Crippen molar-refractivity contribution < 1.29 is 14.3 Å². The molecule has 7 heteroatoms. The third-order valence-corrected chi connectivity index (χ3v) is 5.21. The van der Waals surface area contributed by atoms with Gasteiger partial charge in [0, 0.05) is 24.7 Å². The number of ether oxygens (including phenoxy) is 2. The molecule has 0 radical (unpaired) electrons. The van der Waals surface area contributed by atoms with Crippen LogP contribution in [0.1, 0.15) is 11.1 Å². The lowest BCUT2D eigenvalue weighted by Crippen LogP contribution is -2.26. The van der Waals surface area contributed by atoms with Crippen LogP contribution in [0.5, 0.6) is 11.5 Å². The smallest absolute Gasteiger partial charge is 0.276 e. The van der Waals surface area contributed by atoms with Gasteiger partial charge in [-0.05, 0) is 42.1 Å². The summed E-state index contributed by atoms with van der Waals surface area (Å²) in [5.74, 6) is 1.03. The molecular weight excluding hydrogens is 384 g/mol. The van der Waals surface area contributed by atoms with E-state index in [1.165, 1.54) is 4.90 Å². The molecule has 0 aliphatic carbocycles. The minimum absolute atomic E-state index is 0.138. The summed E-state index contributed by atoms with van der Waals surface area (Å²) in [7, 11) is 5.01. The minimum atomic E-state index is -0.138. The molecule has 2 aromatic carbocycles. The van der Waals surface area contributed by atoms with E-state index in [1.54, 1.807) is 32.2 Å². The van der Waals surface area contributed by atoms with Crippen LogP contribution < -0.4 is 9.47 Å². The lowest BCUT2D eigenvalue weighted by atomic mass is 10.1. The number of hydrogen-bond donors (Lipinski definition) is 0. The molecule has 5 nitrogen and oxygen atoms in total. The largest absolute Gasteiger partial charge is 0.493 e. The van der Waals surface area contributed by atoms with E-state index >= 15 is 0 Å². The van der Waals surface area contributed by atoms with Gasteiger partial charge in [0.2, 0.25) is 0 Å². The Labute approximate surface area is 168 Å². The Morgan fingerprint density at radius 2 is 1.85 bits per heavy atom. The lowest BCUT2D eigenvalue weighted by Gasteiger charge is -2.13. The molecule has 1 heterocycles. The third kappa shape index (κ3) is 3.91. The van der Waals surface area contributed by atoms with Gasteiger partial charge in [-0.2, -0.15) is 0 Å². The fraction of sp³-hybridized carbons (Fsp3) is 0.200. The van der Waals surface area contributed by atoms with E-state index in [4.69, 9.17) is 33.3 Å². The van der Waals surface area contributed by atoms with Gasteiger partial charge in [0.15, 0.2) is 16.6 Å². The molecule has 140 valence electrons. The fourth-order valence-corrected chi connectivity index (χ4v) is 3.08. The molecule has 1 saturated heterocycles. The van der Waals surface area contributed by atoms with E-state index in [0.29, 0.717) is 33.9 Å². The third-order valence-electron chi connectivity index (χ3n) is 4.29. The molecule has 0 bridgehead atoms. The zero-order valence-electron chi connectivity index (χ0n) is 15.2. The van der Waals surface area contributed by atoms with Crippen LogP contribution in [0.25, 0.3) is 6.08 Å². The Kier molecular flexibility index (Phi) is 5.68. The quantitative estimate of drug-likeness (QED) is 0.559. The number of rotatable bonds is 5. The SMILES string of the molecule is COc1cc(/C=C2/C(=O)N(C)C(=S)N2C)ccc1OCc1ccccc1Cl. The van der Waals surface area contributed by atoms with Gasteiger partial charge in [-0.1, -0.05) is 35.9 Å². The molecule has 0 atom stereocenters. The van der Waals surface area contributed by atoms with Crippen LogP contribution in [0, 0.1) is 0 Å². The van der Waals surface area contributed by atoms with Crippen molar-refractivity contribution in [1.82, 2.24) is 9.80 Å². The lowest BCUT2D eigenvalue weighted by molar-refractivity contribution is -0.121. The molecule has 0 saturated carbocycles. The Balaban J connectivity index is 1.82. The van der Waals surface area contributed by atoms with Crippen molar-refractivity contribution in [2.24, 2.45) is 0 Å². The number of halogens is 1. The van der Waals surface area contributed by atoms with Gasteiger partial charge in [0.1, 0.15) is 12.3 Å². The van der Waals surface area contributed by atoms with Crippen LogP contribution in [0.4, 0.5) is 0 Å². The average Bonchev–Trinajstić information content (AvgIpc) is 2.85. The molecule has 0 spiro atoms. The summed E-state index contributed by atoms with van der Waals surface area (Å²) in [5.41, 5.74) is 2.21. The molecule has 2 aromatic rings. The number of carbonyl (C=O) groups excluding carboxylic acids is 1. The van der Waals surface area contributed by atoms with Crippen LogP contribution in [0.3, 0.4) is 0 Å². The summed E-state index contributed by atoms with van der Waals surface area (Å²) < 4.78 is 11.3. The molecule has 1 aliphatic rings. The predicted molar refractivity (Wildman–Crippen MR) is 110 cm³/mol. The highest BCUT2D eigenvalue weighted by Crippen LogP contribution is 2.31. The first-order valence-electron chi connectivity index (χ1n) is 8.24. The Hall–Kier alpha value is -2.57. The Morgan fingerprint density at radius 1 is 1.11 bits per heavy atom. The molecule has 27 heavy (non-hydrogen) atoms. The van der Waals surface area contributed by atoms with Crippen molar-refractivity contribution in [2.75, 3.05) is 21.2 Å². The second-order valence-corrected chi connectivity index (χ2v) is 6.80. The number of likely N-dealkylation sites (N-methyl/N-ethyl adjacent to an activating group) is 2. The predicted octanol–water partition coefficient (Wildman–Crippen LogP) is 3.96. The van der Waals surface area contributed by atoms with Crippen LogP contribution in [-0.2, 0) is 11.4 Å². The van der Waals surface area contributed by atoms with Gasteiger partial charge in [-0.3, -0.25) is 9.69 Å². The van der Waals surface area contributed by atoms with Crippen LogP contribution >= 0.6 is 23.8 Å². The molecule has 1 fully saturated rings. The first kappa shape index (κ1) is 19.2. The molecule has 1 aliphatic heterocycles. The van der Waals surface area contributed by atoms with Crippen molar-refractivity contribution >= 4 is 40.9 Å². The number of nitrogens with zero attached hydrogens (tertiary/aromatic N) is 2. The first-order chi connectivity index (χ1) is 12.9. The summed E-state index contributed by atoms with van der Waals surface area (Å²) in [5, 5.41) is 1.12. The molecule has 3 rings (SSSR count). The van der Waals surface area contributed by atoms with Crippen LogP contribution in [0.2, 0.25) is 5.02 Å². The van der Waals surface area contributed by atoms with Gasteiger partial charge >= 0.3 is 0 Å².